The van der Waals surface area contributed by atoms with Gasteiger partial charge < -0.3 is 9.13 Å². The molecule has 0 unspecified atom stereocenters. The number of aromatic nitrogens is 2. The second kappa shape index (κ2) is 20.2. The number of benzene rings is 13. The second-order valence-corrected chi connectivity index (χ2v) is 25.0. The fourth-order valence-corrected chi connectivity index (χ4v) is 17.8. The predicted octanol–water partition coefficient (Wildman–Crippen LogP) is 17.6. The van der Waals surface area contributed by atoms with Crippen molar-refractivity contribution in [2.45, 2.75) is 0 Å². The van der Waals surface area contributed by atoms with Gasteiger partial charge in [0.15, 0.2) is 8.07 Å². The van der Waals surface area contributed by atoms with Gasteiger partial charge in [0.25, 0.3) is 0 Å². The summed E-state index contributed by atoms with van der Waals surface area (Å²) in [6.07, 6.45) is 0. The van der Waals surface area contributed by atoms with Crippen molar-refractivity contribution >= 4 is 72.4 Å². The lowest BCUT2D eigenvalue weighted by Crippen LogP contribution is -2.74. The normalized spacial score (nSPS) is 11.7. The number of nitrogens with zero attached hydrogens (tertiary/aromatic N) is 2. The van der Waals surface area contributed by atoms with Crippen LogP contribution in [0, 0.1) is 0 Å². The summed E-state index contributed by atoms with van der Waals surface area (Å²) in [5.74, 6) is 0. The van der Waals surface area contributed by atoms with E-state index in [2.05, 4.69) is 337 Å². The third kappa shape index (κ3) is 8.17. The monoisotopic (exact) mass is 1050 g/mol. The van der Waals surface area contributed by atoms with Crippen molar-refractivity contribution < 1.29 is 0 Å². The molecule has 0 spiro atoms. The van der Waals surface area contributed by atoms with Gasteiger partial charge in [-0.25, -0.2) is 0 Å². The van der Waals surface area contributed by atoms with Crippen LogP contribution in [0.15, 0.2) is 328 Å². The fraction of sp³-hybridized carbons (Fsp3) is 0. The molecule has 0 radical (unpaired) electrons. The van der Waals surface area contributed by atoms with E-state index in [-0.39, 0.29) is 0 Å². The highest BCUT2D eigenvalue weighted by Crippen LogP contribution is 2.43. The summed E-state index contributed by atoms with van der Waals surface area (Å²) < 4.78 is 5.02. The standard InChI is InChI=1S/C78H54N2Si/c1-7-25-55(26-8-1)60-35-23-39-65(49-60)81(64-37-17-6-18-38-64,66-40-24-36-61(50-66)56-27-9-2-10-28-56)67-53-70(58-31-13-4-14-32-58)78(71(54-67)59-33-15-5-16-34-59)80-75-44-22-20-42-69(75)73-52-63(46-48-77(73)80)79-74-43-21-19-41-68(74)72-51-62(45-47-76(72)79)57-29-11-3-12-30-57/h1-54H. The van der Waals surface area contributed by atoms with Crippen molar-refractivity contribution in [3.63, 3.8) is 0 Å². The summed E-state index contributed by atoms with van der Waals surface area (Å²) in [7, 11) is -3.29. The Balaban J connectivity index is 1.04. The topological polar surface area (TPSA) is 9.86 Å². The maximum absolute atomic E-state index is 3.29. The van der Waals surface area contributed by atoms with Gasteiger partial charge in [-0.05, 0) is 108 Å². The van der Waals surface area contributed by atoms with E-state index < -0.39 is 8.07 Å². The largest absolute Gasteiger partial charge is 0.309 e. The first kappa shape index (κ1) is 47.9. The van der Waals surface area contributed by atoms with Crippen molar-refractivity contribution in [3.05, 3.63) is 328 Å². The molecular weight excluding hydrogens is 993 g/mol. The lowest BCUT2D eigenvalue weighted by Gasteiger charge is -2.36. The summed E-state index contributed by atoms with van der Waals surface area (Å²) >= 11 is 0. The summed E-state index contributed by atoms with van der Waals surface area (Å²) in [6, 6.07) is 122. The van der Waals surface area contributed by atoms with Crippen molar-refractivity contribution in [3.8, 4) is 67.0 Å². The first-order chi connectivity index (χ1) is 40.2. The zero-order chi connectivity index (χ0) is 53.7. The summed E-state index contributed by atoms with van der Waals surface area (Å²) in [4.78, 5) is 0. The molecule has 15 aromatic rings. The Morgan fingerprint density at radius 1 is 0.198 bits per heavy atom. The van der Waals surface area contributed by atoms with E-state index in [4.69, 9.17) is 0 Å². The Labute approximate surface area is 473 Å². The number of hydrogen-bond donors (Lipinski definition) is 0. The summed E-state index contributed by atoms with van der Waals surface area (Å²) in [5.41, 5.74) is 18.8. The molecule has 3 heteroatoms. The molecular formula is C78H54N2Si. The van der Waals surface area contributed by atoms with Crippen LogP contribution in [0.1, 0.15) is 0 Å². The molecule has 0 aliphatic rings. The van der Waals surface area contributed by atoms with Gasteiger partial charge in [0, 0.05) is 38.4 Å². The number of rotatable bonds is 11. The molecule has 0 saturated carbocycles. The molecule has 0 aliphatic carbocycles. The van der Waals surface area contributed by atoms with Crippen molar-refractivity contribution in [1.29, 1.82) is 0 Å². The van der Waals surface area contributed by atoms with Gasteiger partial charge in [0.2, 0.25) is 0 Å². The van der Waals surface area contributed by atoms with Crippen LogP contribution in [0.3, 0.4) is 0 Å². The minimum absolute atomic E-state index is 1.13. The lowest BCUT2D eigenvalue weighted by atomic mass is 9.95. The van der Waals surface area contributed by atoms with Crippen LogP contribution in [0.2, 0.25) is 0 Å². The van der Waals surface area contributed by atoms with Crippen LogP contribution in [0.4, 0.5) is 0 Å². The van der Waals surface area contributed by atoms with Crippen LogP contribution in [0.5, 0.6) is 0 Å². The minimum Gasteiger partial charge on any atom is -0.309 e. The quantitative estimate of drug-likeness (QED) is 0.0902. The van der Waals surface area contributed by atoms with E-state index in [9.17, 15) is 0 Å². The zero-order valence-electron chi connectivity index (χ0n) is 44.6. The van der Waals surface area contributed by atoms with Crippen LogP contribution in [-0.2, 0) is 0 Å². The van der Waals surface area contributed by atoms with E-state index in [0.717, 1.165) is 33.5 Å². The molecule has 15 rings (SSSR count). The average Bonchev–Trinajstić information content (AvgIpc) is 3.56. The van der Waals surface area contributed by atoms with Crippen molar-refractivity contribution in [2.75, 3.05) is 0 Å². The molecule has 81 heavy (non-hydrogen) atoms. The van der Waals surface area contributed by atoms with Gasteiger partial charge >= 0.3 is 0 Å². The number of fused-ring (bicyclic) bond motifs is 6. The third-order valence-corrected chi connectivity index (χ3v) is 21.4. The van der Waals surface area contributed by atoms with E-state index in [0.29, 0.717) is 0 Å². The van der Waals surface area contributed by atoms with E-state index in [1.165, 1.54) is 97.8 Å². The van der Waals surface area contributed by atoms with Gasteiger partial charge in [-0.2, -0.15) is 0 Å². The highest BCUT2D eigenvalue weighted by Gasteiger charge is 2.43. The zero-order valence-corrected chi connectivity index (χ0v) is 45.6. The highest BCUT2D eigenvalue weighted by atomic mass is 28.3. The summed E-state index contributed by atoms with van der Waals surface area (Å²) in [6.45, 7) is 0. The van der Waals surface area contributed by atoms with Crippen LogP contribution in [0.25, 0.3) is 111 Å². The molecule has 0 bridgehead atoms. The van der Waals surface area contributed by atoms with E-state index >= 15 is 0 Å². The maximum Gasteiger partial charge on any atom is 0.179 e. The molecule has 0 amide bonds. The van der Waals surface area contributed by atoms with Gasteiger partial charge in [-0.1, -0.05) is 285 Å². The van der Waals surface area contributed by atoms with Gasteiger partial charge in [0.1, 0.15) is 0 Å². The molecule has 0 aliphatic heterocycles. The third-order valence-electron chi connectivity index (χ3n) is 16.6. The Hall–Kier alpha value is -10.3. The van der Waals surface area contributed by atoms with Crippen LogP contribution in [-0.4, -0.2) is 17.2 Å². The Kier molecular flexibility index (Phi) is 11.9. The Bertz CT molecular complexity index is 4630. The predicted molar refractivity (Wildman–Crippen MR) is 346 cm³/mol. The Morgan fingerprint density at radius 3 is 1.06 bits per heavy atom. The van der Waals surface area contributed by atoms with Gasteiger partial charge in [-0.15, -0.1) is 0 Å². The number of para-hydroxylation sites is 2. The van der Waals surface area contributed by atoms with Crippen molar-refractivity contribution in [2.24, 2.45) is 0 Å². The smallest absolute Gasteiger partial charge is 0.179 e. The van der Waals surface area contributed by atoms with Gasteiger partial charge in [-0.3, -0.25) is 0 Å². The molecule has 380 valence electrons. The maximum atomic E-state index is 2.58. The Morgan fingerprint density at radius 2 is 0.556 bits per heavy atom. The number of hydrogen-bond acceptors (Lipinski definition) is 0. The highest BCUT2D eigenvalue weighted by molar-refractivity contribution is 7.20. The van der Waals surface area contributed by atoms with Crippen LogP contribution >= 0.6 is 0 Å². The van der Waals surface area contributed by atoms with E-state index in [1.54, 1.807) is 0 Å². The molecule has 0 N–H and O–H groups in total. The first-order valence-corrected chi connectivity index (χ1v) is 30.0. The molecule has 0 fully saturated rings. The summed E-state index contributed by atoms with van der Waals surface area (Å²) in [5, 5.41) is 10.1. The fourth-order valence-electron chi connectivity index (χ4n) is 13.0. The SMILES string of the molecule is c1ccc(-c2cccc([Si](c3ccccc3)(c3cccc(-c4ccccc4)c3)c3cc(-c4ccccc4)c(-n4c5ccccc5c5cc(-n6c7ccccc7c7cc(-c8ccccc8)ccc76)ccc54)c(-c4ccccc4)c3)c2)cc1. The molecule has 2 aromatic heterocycles. The van der Waals surface area contributed by atoms with Crippen LogP contribution < -0.4 is 20.7 Å². The van der Waals surface area contributed by atoms with E-state index in [1.807, 2.05) is 0 Å². The molecule has 2 nitrogen and oxygen atoms in total. The minimum atomic E-state index is -3.29. The van der Waals surface area contributed by atoms with Gasteiger partial charge in [0.05, 0.1) is 27.8 Å². The molecule has 0 saturated heterocycles. The molecule has 2 heterocycles. The first-order valence-electron chi connectivity index (χ1n) is 28.0. The molecule has 13 aromatic carbocycles. The van der Waals surface area contributed by atoms with Crippen molar-refractivity contribution in [1.82, 2.24) is 9.13 Å². The lowest BCUT2D eigenvalue weighted by molar-refractivity contribution is 1.17. The average molecular weight is 1050 g/mol. The molecule has 0 atom stereocenters. The second-order valence-electron chi connectivity index (χ2n) is 21.2.